The molecule has 27 heavy (non-hydrogen) atoms. The van der Waals surface area contributed by atoms with Gasteiger partial charge in [-0.3, -0.25) is 0 Å². The Morgan fingerprint density at radius 3 is 2.33 bits per heavy atom. The number of pyridine rings is 1. The first-order valence-electron chi connectivity index (χ1n) is 8.82. The predicted molar refractivity (Wildman–Crippen MR) is 104 cm³/mol. The molecule has 1 saturated heterocycles. The zero-order valence-electron chi connectivity index (χ0n) is 15.0. The van der Waals surface area contributed by atoms with Crippen LogP contribution in [-0.4, -0.2) is 43.9 Å². The summed E-state index contributed by atoms with van der Waals surface area (Å²) in [5.41, 5.74) is 2.09. The maximum atomic E-state index is 13.1. The highest BCUT2D eigenvalue weighted by Crippen LogP contribution is 2.24. The van der Waals surface area contributed by atoms with E-state index in [1.165, 1.54) is 28.6 Å². The normalized spacial score (nSPS) is 16.0. The van der Waals surface area contributed by atoms with Crippen LogP contribution in [0.2, 0.25) is 0 Å². The first-order valence-corrected chi connectivity index (χ1v) is 10.3. The molecule has 2 heterocycles. The van der Waals surface area contributed by atoms with Crippen LogP contribution >= 0.6 is 0 Å². The van der Waals surface area contributed by atoms with Crippen LogP contribution in [0.1, 0.15) is 5.56 Å². The van der Waals surface area contributed by atoms with E-state index in [2.05, 4.69) is 17.9 Å². The average Bonchev–Trinajstić information content (AvgIpc) is 2.68. The fourth-order valence-corrected chi connectivity index (χ4v) is 4.83. The molecule has 0 unspecified atom stereocenters. The number of hydrogen-bond donors (Lipinski definition) is 0. The van der Waals surface area contributed by atoms with E-state index in [1.807, 2.05) is 24.3 Å². The summed E-state index contributed by atoms with van der Waals surface area (Å²) >= 11 is 0. The highest BCUT2D eigenvalue weighted by atomic mass is 32.2. The van der Waals surface area contributed by atoms with Gasteiger partial charge in [0.25, 0.3) is 0 Å². The SMILES string of the molecule is Cc1cc(N2CCN(S(=O)(=O)c3ccc(F)cc3)CC2)nc2ccccc12. The second-order valence-corrected chi connectivity index (χ2v) is 8.60. The Balaban J connectivity index is 1.53. The van der Waals surface area contributed by atoms with Gasteiger partial charge in [-0.2, -0.15) is 4.31 Å². The molecule has 0 saturated carbocycles. The van der Waals surface area contributed by atoms with E-state index in [4.69, 9.17) is 4.98 Å². The van der Waals surface area contributed by atoms with Crippen molar-refractivity contribution in [3.05, 3.63) is 66.0 Å². The van der Waals surface area contributed by atoms with Crippen molar-refractivity contribution in [2.75, 3.05) is 31.1 Å². The van der Waals surface area contributed by atoms with Gasteiger partial charge in [-0.15, -0.1) is 0 Å². The third-order valence-electron chi connectivity index (χ3n) is 4.92. The highest BCUT2D eigenvalue weighted by molar-refractivity contribution is 7.89. The monoisotopic (exact) mass is 385 g/mol. The first-order chi connectivity index (χ1) is 12.9. The molecule has 140 valence electrons. The van der Waals surface area contributed by atoms with Gasteiger partial charge in [0.2, 0.25) is 10.0 Å². The summed E-state index contributed by atoms with van der Waals surface area (Å²) in [4.78, 5) is 6.96. The second-order valence-electron chi connectivity index (χ2n) is 6.66. The molecule has 0 bridgehead atoms. The molecule has 0 atom stereocenters. The van der Waals surface area contributed by atoms with Crippen LogP contribution < -0.4 is 4.90 Å². The molecule has 4 rings (SSSR count). The maximum absolute atomic E-state index is 13.1. The lowest BCUT2D eigenvalue weighted by Crippen LogP contribution is -2.48. The Kier molecular flexibility index (Phi) is 4.57. The van der Waals surface area contributed by atoms with Crippen molar-refractivity contribution in [2.45, 2.75) is 11.8 Å². The van der Waals surface area contributed by atoms with E-state index in [0.717, 1.165) is 22.3 Å². The van der Waals surface area contributed by atoms with Crippen LogP contribution in [-0.2, 0) is 10.0 Å². The lowest BCUT2D eigenvalue weighted by molar-refractivity contribution is 0.384. The fraction of sp³-hybridized carbons (Fsp3) is 0.250. The number of rotatable bonds is 3. The standard InChI is InChI=1S/C20H20FN3O2S/c1-15-14-20(22-19-5-3-2-4-18(15)19)23-10-12-24(13-11-23)27(25,26)17-8-6-16(21)7-9-17/h2-9,14H,10-13H2,1H3. The molecule has 0 N–H and O–H groups in total. The second kappa shape index (κ2) is 6.90. The van der Waals surface area contributed by atoms with Gasteiger partial charge in [-0.25, -0.2) is 17.8 Å². The fourth-order valence-electron chi connectivity index (χ4n) is 3.41. The third kappa shape index (κ3) is 3.40. The predicted octanol–water partition coefficient (Wildman–Crippen LogP) is 3.19. The van der Waals surface area contributed by atoms with Crippen LogP contribution in [0.5, 0.6) is 0 Å². The van der Waals surface area contributed by atoms with E-state index in [-0.39, 0.29) is 4.90 Å². The molecule has 0 spiro atoms. The van der Waals surface area contributed by atoms with Gasteiger partial charge in [0.15, 0.2) is 0 Å². The van der Waals surface area contributed by atoms with Crippen molar-refractivity contribution in [1.82, 2.24) is 9.29 Å². The molecular weight excluding hydrogens is 365 g/mol. The minimum absolute atomic E-state index is 0.122. The van der Waals surface area contributed by atoms with Gasteiger partial charge in [-0.1, -0.05) is 18.2 Å². The van der Waals surface area contributed by atoms with E-state index in [0.29, 0.717) is 26.2 Å². The van der Waals surface area contributed by atoms with Gasteiger partial charge in [0.1, 0.15) is 11.6 Å². The van der Waals surface area contributed by atoms with Crippen LogP contribution in [0.15, 0.2) is 59.5 Å². The van der Waals surface area contributed by atoms with Crippen molar-refractivity contribution in [1.29, 1.82) is 0 Å². The number of halogens is 1. The minimum atomic E-state index is -3.61. The molecular formula is C20H20FN3O2S. The summed E-state index contributed by atoms with van der Waals surface area (Å²) in [6, 6.07) is 15.0. The molecule has 1 aromatic heterocycles. The molecule has 7 heteroatoms. The molecule has 1 fully saturated rings. The number of piperazine rings is 1. The van der Waals surface area contributed by atoms with Crippen molar-refractivity contribution in [2.24, 2.45) is 0 Å². The number of anilines is 1. The summed E-state index contributed by atoms with van der Waals surface area (Å²) < 4.78 is 40.0. The van der Waals surface area contributed by atoms with Gasteiger partial charge in [0.05, 0.1) is 10.4 Å². The summed E-state index contributed by atoms with van der Waals surface area (Å²) in [7, 11) is -3.61. The molecule has 0 amide bonds. The van der Waals surface area contributed by atoms with E-state index >= 15 is 0 Å². The zero-order chi connectivity index (χ0) is 19.0. The largest absolute Gasteiger partial charge is 0.354 e. The Morgan fingerprint density at radius 2 is 1.63 bits per heavy atom. The van der Waals surface area contributed by atoms with Crippen LogP contribution in [0, 0.1) is 12.7 Å². The Bertz CT molecular complexity index is 1080. The topological polar surface area (TPSA) is 53.5 Å². The number of aromatic nitrogens is 1. The molecule has 1 aliphatic rings. The van der Waals surface area contributed by atoms with Crippen LogP contribution in [0.3, 0.4) is 0 Å². The molecule has 2 aromatic carbocycles. The molecule has 0 radical (unpaired) electrons. The third-order valence-corrected chi connectivity index (χ3v) is 6.84. The summed E-state index contributed by atoms with van der Waals surface area (Å²) in [5.74, 6) is 0.418. The van der Waals surface area contributed by atoms with E-state index in [9.17, 15) is 12.8 Å². The molecule has 5 nitrogen and oxygen atoms in total. The Labute approximate surface area is 158 Å². The van der Waals surface area contributed by atoms with Crippen molar-refractivity contribution >= 4 is 26.7 Å². The van der Waals surface area contributed by atoms with Crippen molar-refractivity contribution in [3.63, 3.8) is 0 Å². The lowest BCUT2D eigenvalue weighted by atomic mass is 10.1. The smallest absolute Gasteiger partial charge is 0.243 e. The lowest BCUT2D eigenvalue weighted by Gasteiger charge is -2.35. The number of fused-ring (bicyclic) bond motifs is 1. The quantitative estimate of drug-likeness (QED) is 0.695. The zero-order valence-corrected chi connectivity index (χ0v) is 15.8. The average molecular weight is 385 g/mol. The summed E-state index contributed by atoms with van der Waals surface area (Å²) in [5, 5.41) is 1.12. The van der Waals surface area contributed by atoms with Gasteiger partial charge in [0, 0.05) is 31.6 Å². The first kappa shape index (κ1) is 17.9. The van der Waals surface area contributed by atoms with Gasteiger partial charge < -0.3 is 4.90 Å². The molecule has 0 aliphatic carbocycles. The van der Waals surface area contributed by atoms with E-state index in [1.54, 1.807) is 0 Å². The Hall–Kier alpha value is -2.51. The number of aryl methyl sites for hydroxylation is 1. The van der Waals surface area contributed by atoms with E-state index < -0.39 is 15.8 Å². The van der Waals surface area contributed by atoms with Crippen LogP contribution in [0.25, 0.3) is 10.9 Å². The molecule has 1 aliphatic heterocycles. The van der Waals surface area contributed by atoms with Crippen molar-refractivity contribution < 1.29 is 12.8 Å². The van der Waals surface area contributed by atoms with Crippen LogP contribution in [0.4, 0.5) is 10.2 Å². The number of para-hydroxylation sites is 1. The highest BCUT2D eigenvalue weighted by Gasteiger charge is 2.29. The summed E-state index contributed by atoms with van der Waals surface area (Å²) in [6.07, 6.45) is 0. The number of hydrogen-bond acceptors (Lipinski definition) is 4. The van der Waals surface area contributed by atoms with Crippen molar-refractivity contribution in [3.8, 4) is 0 Å². The molecule has 3 aromatic rings. The number of sulfonamides is 1. The minimum Gasteiger partial charge on any atom is -0.354 e. The van der Waals surface area contributed by atoms with Gasteiger partial charge in [-0.05, 0) is 48.9 Å². The number of benzene rings is 2. The van der Waals surface area contributed by atoms with Gasteiger partial charge >= 0.3 is 0 Å². The maximum Gasteiger partial charge on any atom is 0.243 e. The number of nitrogens with zero attached hydrogens (tertiary/aromatic N) is 3. The Morgan fingerprint density at radius 1 is 0.963 bits per heavy atom. The summed E-state index contributed by atoms with van der Waals surface area (Å²) in [6.45, 7) is 3.92.